The molecule has 0 saturated carbocycles. The Morgan fingerprint density at radius 1 is 0.909 bits per heavy atom. The average molecular weight is 507 g/mol. The molecule has 0 aromatic heterocycles. The van der Waals surface area contributed by atoms with Crippen LogP contribution in [0, 0.1) is 0 Å². The zero-order valence-electron chi connectivity index (χ0n) is 20.9. The highest BCUT2D eigenvalue weighted by Crippen LogP contribution is 2.20. The quantitative estimate of drug-likeness (QED) is 0.218. The molecular formula is C26H49Cl2N3O2. The molecule has 0 aliphatic heterocycles. The second kappa shape index (κ2) is 22.8. The van der Waals surface area contributed by atoms with Crippen LogP contribution in [0.1, 0.15) is 96.0 Å². The molecule has 0 aliphatic rings. The van der Waals surface area contributed by atoms with Crippen LogP contribution in [0.5, 0.6) is 5.75 Å². The molecule has 0 bridgehead atoms. The monoisotopic (exact) mass is 505 g/mol. The highest BCUT2D eigenvalue weighted by Gasteiger charge is 2.18. The molecule has 0 radical (unpaired) electrons. The van der Waals surface area contributed by atoms with Gasteiger partial charge in [0.1, 0.15) is 5.75 Å². The van der Waals surface area contributed by atoms with Gasteiger partial charge in [0.15, 0.2) is 0 Å². The van der Waals surface area contributed by atoms with E-state index in [1.807, 2.05) is 31.3 Å². The fourth-order valence-corrected chi connectivity index (χ4v) is 3.80. The number of carbonyl (C=O) groups excluding carboxylic acids is 1. The summed E-state index contributed by atoms with van der Waals surface area (Å²) in [5.74, 6) is 0.844. The first-order valence-electron chi connectivity index (χ1n) is 12.5. The van der Waals surface area contributed by atoms with E-state index < -0.39 is 6.04 Å². The van der Waals surface area contributed by atoms with E-state index in [1.54, 1.807) is 4.90 Å². The Labute approximate surface area is 215 Å². The number of hydrogen-bond donors (Lipinski definition) is 2. The highest BCUT2D eigenvalue weighted by molar-refractivity contribution is 5.85. The van der Waals surface area contributed by atoms with Crippen molar-refractivity contribution in [3.8, 4) is 5.75 Å². The molecule has 1 amide bonds. The van der Waals surface area contributed by atoms with Crippen molar-refractivity contribution in [2.45, 2.75) is 103 Å². The number of likely N-dealkylation sites (N-methyl/N-ethyl adjacent to an activating group) is 1. The molecule has 0 fully saturated rings. The number of unbranched alkanes of at least 4 members (excludes halogenated alkanes) is 10. The summed E-state index contributed by atoms with van der Waals surface area (Å²) in [5.41, 5.74) is 12.6. The summed E-state index contributed by atoms with van der Waals surface area (Å²) >= 11 is 0. The van der Waals surface area contributed by atoms with Crippen LogP contribution < -0.4 is 16.2 Å². The maximum atomic E-state index is 12.5. The predicted molar refractivity (Wildman–Crippen MR) is 146 cm³/mol. The van der Waals surface area contributed by atoms with Crippen LogP contribution >= 0.6 is 24.8 Å². The number of hydrogen-bond acceptors (Lipinski definition) is 4. The summed E-state index contributed by atoms with van der Waals surface area (Å²) in [7, 11) is 1.81. The number of ether oxygens (including phenoxy) is 1. The van der Waals surface area contributed by atoms with Crippen LogP contribution in [0.4, 0.5) is 0 Å². The third kappa shape index (κ3) is 16.3. The van der Waals surface area contributed by atoms with Gasteiger partial charge in [-0.2, -0.15) is 0 Å². The van der Waals surface area contributed by atoms with Crippen LogP contribution in [-0.2, 0) is 11.3 Å². The zero-order valence-corrected chi connectivity index (χ0v) is 22.6. The Balaban J connectivity index is 0. The summed E-state index contributed by atoms with van der Waals surface area (Å²) in [5, 5.41) is 0. The van der Waals surface area contributed by atoms with Gasteiger partial charge in [-0.25, -0.2) is 0 Å². The topological polar surface area (TPSA) is 81.6 Å². The molecule has 1 aromatic rings. The molecule has 0 saturated heterocycles. The van der Waals surface area contributed by atoms with Crippen molar-refractivity contribution in [3.63, 3.8) is 0 Å². The van der Waals surface area contributed by atoms with E-state index in [9.17, 15) is 4.79 Å². The van der Waals surface area contributed by atoms with E-state index in [0.717, 1.165) is 37.2 Å². The number of nitrogens with zero attached hydrogens (tertiary/aromatic N) is 1. The first kappa shape index (κ1) is 34.2. The van der Waals surface area contributed by atoms with Crippen molar-refractivity contribution in [1.82, 2.24) is 4.90 Å². The van der Waals surface area contributed by atoms with E-state index in [-0.39, 0.29) is 30.7 Å². The van der Waals surface area contributed by atoms with Gasteiger partial charge in [-0.05, 0) is 31.9 Å². The number of carbonyl (C=O) groups is 1. The first-order valence-corrected chi connectivity index (χ1v) is 12.5. The van der Waals surface area contributed by atoms with Gasteiger partial charge in [0, 0.05) is 19.2 Å². The van der Waals surface area contributed by atoms with Crippen LogP contribution in [0.3, 0.4) is 0 Å². The predicted octanol–water partition coefficient (Wildman–Crippen LogP) is 6.24. The summed E-state index contributed by atoms with van der Waals surface area (Å²) < 4.78 is 6.05. The van der Waals surface area contributed by atoms with Gasteiger partial charge in [0.2, 0.25) is 5.91 Å². The van der Waals surface area contributed by atoms with Gasteiger partial charge < -0.3 is 21.1 Å². The number of amides is 1. The van der Waals surface area contributed by atoms with Crippen molar-refractivity contribution in [1.29, 1.82) is 0 Å². The van der Waals surface area contributed by atoms with Crippen molar-refractivity contribution in [2.75, 3.05) is 20.2 Å². The first-order chi connectivity index (χ1) is 15.1. The normalized spacial score (nSPS) is 11.3. The van der Waals surface area contributed by atoms with Gasteiger partial charge in [-0.3, -0.25) is 4.79 Å². The van der Waals surface area contributed by atoms with Crippen LogP contribution in [0.2, 0.25) is 0 Å². The molecule has 4 N–H and O–H groups in total. The third-order valence-electron chi connectivity index (χ3n) is 5.80. The Kier molecular flexibility index (Phi) is 23.6. The lowest BCUT2D eigenvalue weighted by atomic mass is 10.1. The lowest BCUT2D eigenvalue weighted by Crippen LogP contribution is -2.41. The zero-order chi connectivity index (χ0) is 22.7. The van der Waals surface area contributed by atoms with Gasteiger partial charge in [-0.15, -0.1) is 24.8 Å². The van der Waals surface area contributed by atoms with Gasteiger partial charge in [0.25, 0.3) is 0 Å². The van der Waals surface area contributed by atoms with Gasteiger partial charge in [0.05, 0.1) is 12.6 Å². The Bertz CT molecular complexity index is 590. The summed E-state index contributed by atoms with van der Waals surface area (Å²) in [6.07, 6.45) is 15.6. The number of halogens is 2. The van der Waals surface area contributed by atoms with E-state index >= 15 is 0 Å². The van der Waals surface area contributed by atoms with Crippen LogP contribution in [0.25, 0.3) is 0 Å². The maximum absolute atomic E-state index is 12.5. The molecule has 1 rings (SSSR count). The molecule has 1 aromatic carbocycles. The maximum Gasteiger partial charge on any atom is 0.239 e. The third-order valence-corrected chi connectivity index (χ3v) is 5.80. The standard InChI is InChI=1S/C26H47N3O2.2ClH/c1-3-4-5-6-7-8-9-10-11-16-21-31-25-19-13-12-17-23(25)22-29(2)26(30)24(28)18-14-15-20-27;;/h12-13,17,19,24H,3-11,14-16,18,20-22,27-28H2,1-2H3;2*1H/t24-;;/m1../s1. The van der Waals surface area contributed by atoms with Gasteiger partial charge >= 0.3 is 0 Å². The minimum atomic E-state index is -0.462. The molecule has 1 atom stereocenters. The second-order valence-electron chi connectivity index (χ2n) is 8.72. The molecule has 194 valence electrons. The van der Waals surface area contributed by atoms with Gasteiger partial charge in [-0.1, -0.05) is 89.3 Å². The molecule has 7 heteroatoms. The van der Waals surface area contributed by atoms with E-state index in [4.69, 9.17) is 16.2 Å². The fourth-order valence-electron chi connectivity index (χ4n) is 3.80. The number of rotatable bonds is 19. The lowest BCUT2D eigenvalue weighted by Gasteiger charge is -2.22. The molecule has 0 unspecified atom stereocenters. The Morgan fingerprint density at radius 3 is 2.09 bits per heavy atom. The summed E-state index contributed by atoms with van der Waals surface area (Å²) in [6.45, 7) is 4.14. The van der Waals surface area contributed by atoms with Crippen LogP contribution in [0.15, 0.2) is 24.3 Å². The molecule has 0 heterocycles. The second-order valence-corrected chi connectivity index (χ2v) is 8.72. The van der Waals surface area contributed by atoms with E-state index in [1.165, 1.54) is 57.8 Å². The minimum absolute atomic E-state index is 0. The SMILES string of the molecule is CCCCCCCCCCCCOc1ccccc1CN(C)C(=O)[C@H](N)CCCCN.Cl.Cl. The van der Waals surface area contributed by atoms with Crippen molar-refractivity contribution in [3.05, 3.63) is 29.8 Å². The minimum Gasteiger partial charge on any atom is -0.493 e. The molecule has 0 spiro atoms. The van der Waals surface area contributed by atoms with Crippen molar-refractivity contribution < 1.29 is 9.53 Å². The van der Waals surface area contributed by atoms with E-state index in [2.05, 4.69) is 6.92 Å². The smallest absolute Gasteiger partial charge is 0.239 e. The fraction of sp³-hybridized carbons (Fsp3) is 0.731. The Morgan fingerprint density at radius 2 is 1.48 bits per heavy atom. The Hall–Kier alpha value is -1.01. The largest absolute Gasteiger partial charge is 0.493 e. The molecule has 33 heavy (non-hydrogen) atoms. The lowest BCUT2D eigenvalue weighted by molar-refractivity contribution is -0.132. The van der Waals surface area contributed by atoms with E-state index in [0.29, 0.717) is 19.5 Å². The summed E-state index contributed by atoms with van der Waals surface area (Å²) in [6, 6.07) is 7.53. The summed E-state index contributed by atoms with van der Waals surface area (Å²) in [4.78, 5) is 14.2. The molecule has 5 nitrogen and oxygen atoms in total. The average Bonchev–Trinajstić information content (AvgIpc) is 2.78. The van der Waals surface area contributed by atoms with Crippen molar-refractivity contribution >= 4 is 30.7 Å². The number of benzene rings is 1. The number of para-hydroxylation sites is 1. The molecule has 0 aliphatic carbocycles. The van der Waals surface area contributed by atoms with Crippen LogP contribution in [-0.4, -0.2) is 37.0 Å². The number of nitrogens with two attached hydrogens (primary N) is 2. The van der Waals surface area contributed by atoms with Crippen molar-refractivity contribution in [2.24, 2.45) is 11.5 Å². The molecular weight excluding hydrogens is 457 g/mol. The highest BCUT2D eigenvalue weighted by atomic mass is 35.5.